The van der Waals surface area contributed by atoms with E-state index in [1.165, 1.54) is 17.6 Å². The molecule has 0 unspecified atom stereocenters. The van der Waals surface area contributed by atoms with Gasteiger partial charge < -0.3 is 0 Å². The zero-order chi connectivity index (χ0) is 18.8. The fourth-order valence-electron chi connectivity index (χ4n) is 2.67. The second-order valence-corrected chi connectivity index (χ2v) is 7.05. The zero-order valence-corrected chi connectivity index (χ0v) is 15.8. The molecule has 134 valence electrons. The lowest BCUT2D eigenvalue weighted by molar-refractivity contribution is 0.0948. The average molecular weight is 396 g/mol. The summed E-state index contributed by atoms with van der Waals surface area (Å²) >= 11 is 7.40. The minimum absolute atomic E-state index is 0.324. The normalized spacial score (nSPS) is 11.3. The molecule has 0 fully saturated rings. The fraction of sp³-hybridized carbons (Fsp3) is 0.0526. The number of aromatic nitrogens is 3. The Labute approximate surface area is 164 Å². The highest BCUT2D eigenvalue weighted by molar-refractivity contribution is 7.13. The zero-order valence-electron chi connectivity index (χ0n) is 14.3. The Kier molecular flexibility index (Phi) is 4.70. The number of carbonyl (C=O) groups is 1. The molecular formula is C19H14ClN5OS. The number of amides is 1. The summed E-state index contributed by atoms with van der Waals surface area (Å²) in [6.45, 7) is 1.80. The third-order valence-electron chi connectivity index (χ3n) is 3.90. The first kappa shape index (κ1) is 17.4. The SMILES string of the molecule is Cc1nc2ccccn2c1C(=O)N/N=C\c1csc(-c2ccc(Cl)cc2)n1. The van der Waals surface area contributed by atoms with Gasteiger partial charge in [0.2, 0.25) is 0 Å². The molecule has 0 saturated carbocycles. The monoisotopic (exact) mass is 395 g/mol. The van der Waals surface area contributed by atoms with Gasteiger partial charge in [-0.2, -0.15) is 5.10 Å². The van der Waals surface area contributed by atoms with Crippen LogP contribution in [0.2, 0.25) is 5.02 Å². The molecule has 0 atom stereocenters. The van der Waals surface area contributed by atoms with Crippen molar-refractivity contribution in [3.8, 4) is 10.6 Å². The van der Waals surface area contributed by atoms with Crippen LogP contribution in [-0.2, 0) is 0 Å². The number of rotatable bonds is 4. The Bertz CT molecular complexity index is 1150. The van der Waals surface area contributed by atoms with Gasteiger partial charge in [0.25, 0.3) is 5.91 Å². The number of hydrogen-bond donors (Lipinski definition) is 1. The number of thiazole rings is 1. The smallest absolute Gasteiger partial charge is 0.290 e. The molecule has 1 amide bonds. The molecule has 0 aliphatic carbocycles. The topological polar surface area (TPSA) is 71.7 Å². The Morgan fingerprint density at radius 1 is 1.22 bits per heavy atom. The van der Waals surface area contributed by atoms with E-state index in [1.807, 2.05) is 47.8 Å². The van der Waals surface area contributed by atoms with Crippen molar-refractivity contribution in [2.75, 3.05) is 0 Å². The Morgan fingerprint density at radius 2 is 2.04 bits per heavy atom. The molecule has 0 spiro atoms. The molecule has 0 bridgehead atoms. The Balaban J connectivity index is 1.48. The van der Waals surface area contributed by atoms with E-state index in [0.29, 0.717) is 22.1 Å². The summed E-state index contributed by atoms with van der Waals surface area (Å²) in [4.78, 5) is 21.3. The van der Waals surface area contributed by atoms with E-state index in [0.717, 1.165) is 16.2 Å². The van der Waals surface area contributed by atoms with Gasteiger partial charge in [-0.05, 0) is 31.2 Å². The third kappa shape index (κ3) is 3.60. The standard InChI is InChI=1S/C19H14ClN5OS/c1-12-17(25-9-3-2-4-16(25)22-12)18(26)24-21-10-15-11-27-19(23-15)13-5-7-14(20)8-6-13/h2-11H,1H3,(H,24,26)/b21-10-. The van der Waals surface area contributed by atoms with Crippen LogP contribution in [-0.4, -0.2) is 26.5 Å². The van der Waals surface area contributed by atoms with Crippen molar-refractivity contribution >= 4 is 40.7 Å². The van der Waals surface area contributed by atoms with Crippen LogP contribution in [0.1, 0.15) is 21.9 Å². The number of benzene rings is 1. The van der Waals surface area contributed by atoms with Crippen LogP contribution in [0.5, 0.6) is 0 Å². The van der Waals surface area contributed by atoms with Gasteiger partial charge in [0.15, 0.2) is 0 Å². The highest BCUT2D eigenvalue weighted by atomic mass is 35.5. The summed E-state index contributed by atoms with van der Waals surface area (Å²) < 4.78 is 1.74. The summed E-state index contributed by atoms with van der Waals surface area (Å²) in [7, 11) is 0. The lowest BCUT2D eigenvalue weighted by Crippen LogP contribution is -2.20. The number of fused-ring (bicyclic) bond motifs is 1. The summed E-state index contributed by atoms with van der Waals surface area (Å²) in [5.74, 6) is -0.324. The lowest BCUT2D eigenvalue weighted by Gasteiger charge is -2.00. The second kappa shape index (κ2) is 7.30. The van der Waals surface area contributed by atoms with Crippen molar-refractivity contribution in [3.05, 3.63) is 76.1 Å². The first-order chi connectivity index (χ1) is 13.1. The van der Waals surface area contributed by atoms with Crippen LogP contribution in [0.3, 0.4) is 0 Å². The number of hydrogen-bond acceptors (Lipinski definition) is 5. The van der Waals surface area contributed by atoms with Gasteiger partial charge in [0.1, 0.15) is 16.3 Å². The van der Waals surface area contributed by atoms with Gasteiger partial charge in [0.05, 0.1) is 17.6 Å². The number of hydrazone groups is 1. The molecule has 0 aliphatic heterocycles. The Hall–Kier alpha value is -3.03. The molecular weight excluding hydrogens is 382 g/mol. The van der Waals surface area contributed by atoms with Gasteiger partial charge in [-0.1, -0.05) is 29.8 Å². The number of aryl methyl sites for hydroxylation is 1. The third-order valence-corrected chi connectivity index (χ3v) is 5.06. The first-order valence-electron chi connectivity index (χ1n) is 8.10. The summed E-state index contributed by atoms with van der Waals surface area (Å²) in [5, 5.41) is 7.44. The van der Waals surface area contributed by atoms with E-state index in [-0.39, 0.29) is 5.91 Å². The molecule has 0 radical (unpaired) electrons. The fourth-order valence-corrected chi connectivity index (χ4v) is 3.57. The molecule has 8 heteroatoms. The molecule has 0 aliphatic rings. The van der Waals surface area contributed by atoms with Crippen LogP contribution in [0, 0.1) is 6.92 Å². The number of halogens is 1. The average Bonchev–Trinajstić information content (AvgIpc) is 3.26. The predicted molar refractivity (Wildman–Crippen MR) is 108 cm³/mol. The van der Waals surface area contributed by atoms with Gasteiger partial charge in [-0.25, -0.2) is 15.4 Å². The number of nitrogens with zero attached hydrogens (tertiary/aromatic N) is 4. The van der Waals surface area contributed by atoms with Gasteiger partial charge in [-0.3, -0.25) is 9.20 Å². The highest BCUT2D eigenvalue weighted by Crippen LogP contribution is 2.24. The second-order valence-electron chi connectivity index (χ2n) is 5.76. The molecule has 4 aromatic rings. The molecule has 0 saturated heterocycles. The molecule has 1 N–H and O–H groups in total. The number of carbonyl (C=O) groups excluding carboxylic acids is 1. The van der Waals surface area contributed by atoms with Crippen molar-refractivity contribution in [2.24, 2.45) is 5.10 Å². The minimum Gasteiger partial charge on any atom is -0.295 e. The van der Waals surface area contributed by atoms with E-state index in [2.05, 4.69) is 20.5 Å². The maximum atomic E-state index is 12.5. The Morgan fingerprint density at radius 3 is 2.85 bits per heavy atom. The van der Waals surface area contributed by atoms with Gasteiger partial charge in [0, 0.05) is 22.2 Å². The van der Waals surface area contributed by atoms with E-state index in [1.54, 1.807) is 17.5 Å². The van der Waals surface area contributed by atoms with Crippen molar-refractivity contribution in [3.63, 3.8) is 0 Å². The summed E-state index contributed by atoms with van der Waals surface area (Å²) in [6, 6.07) is 13.0. The molecule has 27 heavy (non-hydrogen) atoms. The summed E-state index contributed by atoms with van der Waals surface area (Å²) in [5.41, 5.74) is 6.01. The van der Waals surface area contributed by atoms with E-state index >= 15 is 0 Å². The predicted octanol–water partition coefficient (Wildman–Crippen LogP) is 4.18. The van der Waals surface area contributed by atoms with Crippen LogP contribution in [0.25, 0.3) is 16.2 Å². The molecule has 3 heterocycles. The molecule has 6 nitrogen and oxygen atoms in total. The van der Waals surface area contributed by atoms with Crippen molar-refractivity contribution in [1.29, 1.82) is 0 Å². The molecule has 3 aromatic heterocycles. The van der Waals surface area contributed by atoms with Crippen LogP contribution in [0.15, 0.2) is 59.1 Å². The van der Waals surface area contributed by atoms with Crippen molar-refractivity contribution in [2.45, 2.75) is 6.92 Å². The lowest BCUT2D eigenvalue weighted by atomic mass is 10.2. The van der Waals surface area contributed by atoms with Gasteiger partial charge in [-0.15, -0.1) is 11.3 Å². The number of imidazole rings is 1. The van der Waals surface area contributed by atoms with Gasteiger partial charge >= 0.3 is 0 Å². The van der Waals surface area contributed by atoms with E-state index in [4.69, 9.17) is 11.6 Å². The van der Waals surface area contributed by atoms with E-state index < -0.39 is 0 Å². The van der Waals surface area contributed by atoms with Crippen LogP contribution >= 0.6 is 22.9 Å². The first-order valence-corrected chi connectivity index (χ1v) is 9.36. The number of pyridine rings is 1. The summed E-state index contributed by atoms with van der Waals surface area (Å²) in [6.07, 6.45) is 3.32. The molecule has 1 aromatic carbocycles. The van der Waals surface area contributed by atoms with Crippen LogP contribution < -0.4 is 5.43 Å². The van der Waals surface area contributed by atoms with Crippen molar-refractivity contribution < 1.29 is 4.79 Å². The van der Waals surface area contributed by atoms with E-state index in [9.17, 15) is 4.79 Å². The molecule has 4 rings (SSSR count). The van der Waals surface area contributed by atoms with Crippen molar-refractivity contribution in [1.82, 2.24) is 19.8 Å². The van der Waals surface area contributed by atoms with Crippen LogP contribution in [0.4, 0.5) is 0 Å². The minimum atomic E-state index is -0.324. The maximum Gasteiger partial charge on any atom is 0.290 e. The highest BCUT2D eigenvalue weighted by Gasteiger charge is 2.15. The maximum absolute atomic E-state index is 12.5. The largest absolute Gasteiger partial charge is 0.295 e. The quantitative estimate of drug-likeness (QED) is 0.416. The number of nitrogens with one attached hydrogen (secondary N) is 1.